The molecule has 92 valence electrons. The molecule has 2 aromatic heterocycles. The highest BCUT2D eigenvalue weighted by Gasteiger charge is 2.15. The highest BCUT2D eigenvalue weighted by atomic mass is 19.1. The Morgan fingerprint density at radius 1 is 1.44 bits per heavy atom. The first-order valence-corrected chi connectivity index (χ1v) is 4.92. The molecule has 0 amide bonds. The van der Waals surface area contributed by atoms with Gasteiger partial charge in [0, 0.05) is 6.20 Å². The van der Waals surface area contributed by atoms with Gasteiger partial charge in [-0.2, -0.15) is 9.37 Å². The Balaban J connectivity index is 2.40. The van der Waals surface area contributed by atoms with Crippen molar-refractivity contribution in [2.45, 2.75) is 6.92 Å². The normalized spacial score (nSPS) is 10.1. The summed E-state index contributed by atoms with van der Waals surface area (Å²) in [6.07, 6.45) is 3.61. The van der Waals surface area contributed by atoms with E-state index in [0.29, 0.717) is 0 Å². The average molecular weight is 249 g/mol. The van der Waals surface area contributed by atoms with Crippen molar-refractivity contribution in [3.8, 4) is 11.6 Å². The summed E-state index contributed by atoms with van der Waals surface area (Å²) >= 11 is 0. The van der Waals surface area contributed by atoms with Gasteiger partial charge in [-0.3, -0.25) is 4.98 Å². The van der Waals surface area contributed by atoms with E-state index in [-0.39, 0.29) is 22.9 Å². The van der Waals surface area contributed by atoms with Crippen molar-refractivity contribution in [2.75, 3.05) is 0 Å². The zero-order valence-corrected chi connectivity index (χ0v) is 9.29. The van der Waals surface area contributed by atoms with Gasteiger partial charge in [0.1, 0.15) is 11.9 Å². The molecule has 0 spiro atoms. The number of carboxylic acids is 1. The van der Waals surface area contributed by atoms with Crippen LogP contribution in [0.5, 0.6) is 11.6 Å². The summed E-state index contributed by atoms with van der Waals surface area (Å²) in [5.74, 6) is -2.35. The Labute approximate surface area is 101 Å². The minimum atomic E-state index is -1.20. The van der Waals surface area contributed by atoms with Gasteiger partial charge in [0.25, 0.3) is 5.88 Å². The fourth-order valence-electron chi connectivity index (χ4n) is 1.25. The predicted molar refractivity (Wildman–Crippen MR) is 58.0 cm³/mol. The minimum absolute atomic E-state index is 0.0815. The van der Waals surface area contributed by atoms with Crippen LogP contribution in [-0.4, -0.2) is 26.0 Å². The van der Waals surface area contributed by atoms with E-state index in [4.69, 9.17) is 9.84 Å². The predicted octanol–water partition coefficient (Wildman–Crippen LogP) is 1.81. The van der Waals surface area contributed by atoms with E-state index in [2.05, 4.69) is 15.0 Å². The Bertz CT molecular complexity index is 604. The van der Waals surface area contributed by atoms with Crippen LogP contribution in [0, 0.1) is 12.7 Å². The zero-order valence-electron chi connectivity index (χ0n) is 9.29. The van der Waals surface area contributed by atoms with E-state index in [1.54, 1.807) is 0 Å². The molecule has 2 aromatic rings. The van der Waals surface area contributed by atoms with E-state index in [1.807, 2.05) is 0 Å². The van der Waals surface area contributed by atoms with Crippen molar-refractivity contribution in [1.29, 1.82) is 0 Å². The van der Waals surface area contributed by atoms with Crippen LogP contribution in [0.25, 0.3) is 0 Å². The molecule has 2 heterocycles. The molecule has 0 aliphatic rings. The molecule has 0 aliphatic carbocycles. The lowest BCUT2D eigenvalue weighted by molar-refractivity contribution is 0.0693. The summed E-state index contributed by atoms with van der Waals surface area (Å²) in [7, 11) is 0. The third-order valence-corrected chi connectivity index (χ3v) is 2.15. The highest BCUT2D eigenvalue weighted by molar-refractivity contribution is 5.90. The molecule has 0 bridgehead atoms. The van der Waals surface area contributed by atoms with Crippen LogP contribution in [0.3, 0.4) is 0 Å². The maximum Gasteiger partial charge on any atom is 0.339 e. The zero-order chi connectivity index (χ0) is 13.1. The van der Waals surface area contributed by atoms with Gasteiger partial charge in [0.2, 0.25) is 5.82 Å². The fourth-order valence-corrected chi connectivity index (χ4v) is 1.25. The van der Waals surface area contributed by atoms with E-state index < -0.39 is 11.8 Å². The van der Waals surface area contributed by atoms with E-state index >= 15 is 0 Å². The molecule has 7 heteroatoms. The summed E-state index contributed by atoms with van der Waals surface area (Å²) in [6.45, 7) is 1.45. The third-order valence-electron chi connectivity index (χ3n) is 2.15. The second-order valence-electron chi connectivity index (χ2n) is 3.36. The van der Waals surface area contributed by atoms with E-state index in [9.17, 15) is 9.18 Å². The number of pyridine rings is 1. The second kappa shape index (κ2) is 4.74. The smallest absolute Gasteiger partial charge is 0.339 e. The molecule has 1 N–H and O–H groups in total. The Kier molecular flexibility index (Phi) is 3.13. The Morgan fingerprint density at radius 2 is 2.22 bits per heavy atom. The molecular weight excluding hydrogens is 241 g/mol. The molecule has 0 saturated heterocycles. The number of halogens is 1. The first-order chi connectivity index (χ1) is 8.59. The first kappa shape index (κ1) is 11.9. The number of rotatable bonds is 3. The number of aryl methyl sites for hydroxylation is 1. The van der Waals surface area contributed by atoms with E-state index in [1.165, 1.54) is 25.4 Å². The SMILES string of the molecule is Cc1ncnc(Oc2cnccc2C(=O)O)c1F. The number of carboxylic acid groups (broad SMARTS) is 1. The molecule has 0 unspecified atom stereocenters. The van der Waals surface area contributed by atoms with Crippen LogP contribution in [0.1, 0.15) is 16.1 Å². The fraction of sp³-hybridized carbons (Fsp3) is 0.0909. The maximum atomic E-state index is 13.6. The van der Waals surface area contributed by atoms with Crippen LogP contribution in [0.15, 0.2) is 24.8 Å². The van der Waals surface area contributed by atoms with Crippen LogP contribution in [0.4, 0.5) is 4.39 Å². The van der Waals surface area contributed by atoms with Crippen LogP contribution < -0.4 is 4.74 Å². The molecule has 0 aromatic carbocycles. The lowest BCUT2D eigenvalue weighted by Gasteiger charge is -2.07. The number of ether oxygens (including phenoxy) is 1. The third kappa shape index (κ3) is 2.24. The van der Waals surface area contributed by atoms with Crippen molar-refractivity contribution < 1.29 is 19.0 Å². The van der Waals surface area contributed by atoms with E-state index in [0.717, 1.165) is 6.33 Å². The monoisotopic (exact) mass is 249 g/mol. The molecule has 0 atom stereocenters. The standard InChI is InChI=1S/C11H8FN3O3/c1-6-9(12)10(15-5-14-6)18-8-4-13-3-2-7(8)11(16)17/h2-5H,1H3,(H,16,17). The van der Waals surface area contributed by atoms with Gasteiger partial charge < -0.3 is 9.84 Å². The highest BCUT2D eigenvalue weighted by Crippen LogP contribution is 2.25. The number of nitrogens with zero attached hydrogens (tertiary/aromatic N) is 3. The number of hydrogen-bond donors (Lipinski definition) is 1. The van der Waals surface area contributed by atoms with Gasteiger partial charge in [0.15, 0.2) is 5.75 Å². The number of hydrogen-bond acceptors (Lipinski definition) is 5. The van der Waals surface area contributed by atoms with Gasteiger partial charge in [0.05, 0.1) is 11.9 Å². The summed E-state index contributed by atoms with van der Waals surface area (Å²) in [4.78, 5) is 21.9. The lowest BCUT2D eigenvalue weighted by Crippen LogP contribution is -2.03. The molecule has 0 aliphatic heterocycles. The number of aromatic carboxylic acids is 1. The van der Waals surface area contributed by atoms with Gasteiger partial charge in [-0.1, -0.05) is 0 Å². The van der Waals surface area contributed by atoms with Crippen molar-refractivity contribution in [3.05, 3.63) is 41.9 Å². The molecule has 6 nitrogen and oxygen atoms in total. The molecule has 0 radical (unpaired) electrons. The summed E-state index contributed by atoms with van der Waals surface area (Å²) in [6, 6.07) is 1.25. The second-order valence-corrected chi connectivity index (χ2v) is 3.36. The first-order valence-electron chi connectivity index (χ1n) is 4.92. The minimum Gasteiger partial charge on any atom is -0.478 e. The summed E-state index contributed by atoms with van der Waals surface area (Å²) < 4.78 is 18.7. The largest absolute Gasteiger partial charge is 0.478 e. The molecule has 0 saturated carbocycles. The topological polar surface area (TPSA) is 85.2 Å². The molecule has 2 rings (SSSR count). The Hall–Kier alpha value is -2.57. The van der Waals surface area contributed by atoms with Crippen molar-refractivity contribution in [2.24, 2.45) is 0 Å². The summed E-state index contributed by atoms with van der Waals surface area (Å²) in [5, 5.41) is 8.93. The van der Waals surface area contributed by atoms with Crippen LogP contribution >= 0.6 is 0 Å². The van der Waals surface area contributed by atoms with Crippen molar-refractivity contribution in [3.63, 3.8) is 0 Å². The maximum absolute atomic E-state index is 13.6. The number of carbonyl (C=O) groups is 1. The molecule has 0 fully saturated rings. The van der Waals surface area contributed by atoms with Crippen LogP contribution in [-0.2, 0) is 0 Å². The van der Waals surface area contributed by atoms with Gasteiger partial charge >= 0.3 is 5.97 Å². The van der Waals surface area contributed by atoms with Gasteiger partial charge in [-0.05, 0) is 13.0 Å². The van der Waals surface area contributed by atoms with Crippen molar-refractivity contribution >= 4 is 5.97 Å². The quantitative estimate of drug-likeness (QED) is 0.892. The summed E-state index contributed by atoms with van der Waals surface area (Å²) in [5.41, 5.74) is -0.0126. The van der Waals surface area contributed by atoms with Crippen LogP contribution in [0.2, 0.25) is 0 Å². The molecular formula is C11H8FN3O3. The van der Waals surface area contributed by atoms with Crippen molar-refractivity contribution in [1.82, 2.24) is 15.0 Å². The average Bonchev–Trinajstić information content (AvgIpc) is 2.35. The Morgan fingerprint density at radius 3 is 2.94 bits per heavy atom. The number of aromatic nitrogens is 3. The van der Waals surface area contributed by atoms with Gasteiger partial charge in [-0.25, -0.2) is 9.78 Å². The molecule has 18 heavy (non-hydrogen) atoms. The van der Waals surface area contributed by atoms with Gasteiger partial charge in [-0.15, -0.1) is 0 Å². The lowest BCUT2D eigenvalue weighted by atomic mass is 10.2.